The van der Waals surface area contributed by atoms with E-state index in [-0.39, 0.29) is 12.7 Å². The Kier molecular flexibility index (Phi) is 7.15. The number of hydrogen-bond donors (Lipinski definition) is 0. The molecule has 1 aliphatic carbocycles. The molecule has 0 N–H and O–H groups in total. The second-order valence-electron chi connectivity index (χ2n) is 6.20. The van der Waals surface area contributed by atoms with Crippen molar-refractivity contribution in [3.63, 3.8) is 0 Å². The van der Waals surface area contributed by atoms with Gasteiger partial charge < -0.3 is 14.2 Å². The Morgan fingerprint density at radius 1 is 1.24 bits per heavy atom. The van der Waals surface area contributed by atoms with Gasteiger partial charge in [0.2, 0.25) is 0 Å². The van der Waals surface area contributed by atoms with E-state index in [2.05, 4.69) is 20.8 Å². The number of carbonyl (C=O) groups excluding carboxylic acids is 2. The van der Waals surface area contributed by atoms with Crippen LogP contribution >= 0.6 is 0 Å². The summed E-state index contributed by atoms with van der Waals surface area (Å²) in [6.07, 6.45) is 1.70. The molecule has 0 unspecified atom stereocenters. The van der Waals surface area contributed by atoms with Gasteiger partial charge >= 0.3 is 18.2 Å². The molecule has 0 aromatic heterocycles. The summed E-state index contributed by atoms with van der Waals surface area (Å²) in [6, 6.07) is 0. The second-order valence-corrected chi connectivity index (χ2v) is 6.20. The van der Waals surface area contributed by atoms with Crippen LogP contribution in [0.15, 0.2) is 0 Å². The molecule has 0 aromatic carbocycles. The van der Waals surface area contributed by atoms with Gasteiger partial charge in [-0.25, -0.2) is 4.79 Å². The van der Waals surface area contributed by atoms with Gasteiger partial charge in [-0.05, 0) is 37.5 Å². The molecule has 122 valence electrons. The Balaban J connectivity index is 2.69. The van der Waals surface area contributed by atoms with Crippen LogP contribution < -0.4 is 0 Å². The molecule has 0 heterocycles. The van der Waals surface area contributed by atoms with Crippen LogP contribution in [-0.4, -0.2) is 30.9 Å². The first-order valence-corrected chi connectivity index (χ1v) is 7.84. The molecule has 4 atom stereocenters. The van der Waals surface area contributed by atoms with Gasteiger partial charge in [-0.2, -0.15) is 0 Å². The summed E-state index contributed by atoms with van der Waals surface area (Å²) in [6.45, 7) is 9.73. The van der Waals surface area contributed by atoms with E-state index < -0.39 is 18.2 Å². The lowest BCUT2D eigenvalue weighted by atomic mass is 9.75. The third-order valence-corrected chi connectivity index (χ3v) is 4.01. The lowest BCUT2D eigenvalue weighted by Gasteiger charge is -2.37. The highest BCUT2D eigenvalue weighted by atomic mass is 16.7. The summed E-state index contributed by atoms with van der Waals surface area (Å²) < 4.78 is 15.7. The predicted octanol–water partition coefficient (Wildman–Crippen LogP) is 2.92. The molecule has 0 aliphatic heterocycles. The molecule has 1 saturated carbocycles. The highest BCUT2D eigenvalue weighted by Crippen LogP contribution is 2.35. The van der Waals surface area contributed by atoms with E-state index >= 15 is 0 Å². The standard InChI is InChI=1S/C16H28O5/c1-6-19-16(20-12(5)17)15(18)21-14-9-11(4)7-8-13(14)10(2)3/h10-11,13-14,16H,6-9H2,1-5H3/t11-,13+,14-,16-/m1/s1. The van der Waals surface area contributed by atoms with Crippen LogP contribution in [0, 0.1) is 17.8 Å². The first-order chi connectivity index (χ1) is 9.85. The fraction of sp³-hybridized carbons (Fsp3) is 0.875. The van der Waals surface area contributed by atoms with Gasteiger partial charge in [-0.15, -0.1) is 0 Å². The van der Waals surface area contributed by atoms with Gasteiger partial charge in [0.05, 0.1) is 0 Å². The van der Waals surface area contributed by atoms with Gasteiger partial charge in [0.1, 0.15) is 6.10 Å². The van der Waals surface area contributed by atoms with Gasteiger partial charge in [-0.3, -0.25) is 4.79 Å². The normalized spacial score (nSPS) is 27.2. The molecule has 21 heavy (non-hydrogen) atoms. The number of hydrogen-bond acceptors (Lipinski definition) is 5. The maximum absolute atomic E-state index is 12.2. The highest BCUT2D eigenvalue weighted by molar-refractivity contribution is 5.77. The Bertz CT molecular complexity index is 353. The van der Waals surface area contributed by atoms with Gasteiger partial charge in [0.25, 0.3) is 0 Å². The lowest BCUT2D eigenvalue weighted by Crippen LogP contribution is -2.40. The first-order valence-electron chi connectivity index (χ1n) is 7.84. The Morgan fingerprint density at radius 2 is 1.90 bits per heavy atom. The van der Waals surface area contributed by atoms with Crippen molar-refractivity contribution in [2.45, 2.75) is 66.3 Å². The molecule has 0 aromatic rings. The zero-order valence-electron chi connectivity index (χ0n) is 13.8. The number of carbonyl (C=O) groups is 2. The summed E-state index contributed by atoms with van der Waals surface area (Å²) in [5.41, 5.74) is 0. The van der Waals surface area contributed by atoms with E-state index in [4.69, 9.17) is 14.2 Å². The van der Waals surface area contributed by atoms with Crippen molar-refractivity contribution < 1.29 is 23.8 Å². The van der Waals surface area contributed by atoms with Crippen LogP contribution in [0.4, 0.5) is 0 Å². The topological polar surface area (TPSA) is 61.8 Å². The monoisotopic (exact) mass is 300 g/mol. The third-order valence-electron chi connectivity index (χ3n) is 4.01. The van der Waals surface area contributed by atoms with Crippen LogP contribution in [-0.2, 0) is 23.8 Å². The zero-order chi connectivity index (χ0) is 16.0. The molecule has 0 spiro atoms. The molecule has 0 saturated heterocycles. The Hall–Kier alpha value is -1.10. The fourth-order valence-corrected chi connectivity index (χ4v) is 2.91. The molecule has 1 rings (SSSR count). The summed E-state index contributed by atoms with van der Waals surface area (Å²) >= 11 is 0. The SMILES string of the molecule is CCO[C@H](OC(C)=O)C(=O)O[C@@H]1C[C@H](C)CC[C@H]1C(C)C. The minimum atomic E-state index is -1.25. The summed E-state index contributed by atoms with van der Waals surface area (Å²) in [5, 5.41) is 0. The molecular formula is C16H28O5. The Labute approximate surface area is 127 Å². The predicted molar refractivity (Wildman–Crippen MR) is 78.4 cm³/mol. The van der Waals surface area contributed by atoms with Crippen LogP contribution in [0.2, 0.25) is 0 Å². The van der Waals surface area contributed by atoms with Crippen LogP contribution in [0.5, 0.6) is 0 Å². The highest BCUT2D eigenvalue weighted by Gasteiger charge is 2.35. The lowest BCUT2D eigenvalue weighted by molar-refractivity contribution is -0.206. The van der Waals surface area contributed by atoms with Gasteiger partial charge in [0.15, 0.2) is 0 Å². The molecular weight excluding hydrogens is 272 g/mol. The van der Waals surface area contributed by atoms with Crippen molar-refractivity contribution in [2.24, 2.45) is 17.8 Å². The van der Waals surface area contributed by atoms with E-state index in [1.807, 2.05) is 0 Å². The molecule has 0 bridgehead atoms. The molecule has 0 amide bonds. The number of rotatable bonds is 6. The van der Waals surface area contributed by atoms with Crippen LogP contribution in [0.3, 0.4) is 0 Å². The summed E-state index contributed by atoms with van der Waals surface area (Å²) in [7, 11) is 0. The van der Waals surface area contributed by atoms with Crippen molar-refractivity contribution in [1.82, 2.24) is 0 Å². The molecule has 5 heteroatoms. The number of esters is 2. The van der Waals surface area contributed by atoms with Gasteiger partial charge in [-0.1, -0.05) is 27.2 Å². The smallest absolute Gasteiger partial charge is 0.376 e. The van der Waals surface area contributed by atoms with Crippen molar-refractivity contribution in [3.05, 3.63) is 0 Å². The maximum atomic E-state index is 12.2. The number of ether oxygens (including phenoxy) is 3. The minimum absolute atomic E-state index is 0.125. The van der Waals surface area contributed by atoms with E-state index in [0.717, 1.165) is 19.3 Å². The van der Waals surface area contributed by atoms with Crippen molar-refractivity contribution in [1.29, 1.82) is 0 Å². The average Bonchev–Trinajstić information content (AvgIpc) is 2.37. The van der Waals surface area contributed by atoms with E-state index in [0.29, 0.717) is 17.8 Å². The zero-order valence-corrected chi connectivity index (χ0v) is 13.8. The van der Waals surface area contributed by atoms with Crippen molar-refractivity contribution >= 4 is 11.9 Å². The van der Waals surface area contributed by atoms with Crippen molar-refractivity contribution in [2.75, 3.05) is 6.61 Å². The largest absolute Gasteiger partial charge is 0.457 e. The average molecular weight is 300 g/mol. The van der Waals surface area contributed by atoms with Crippen LogP contribution in [0.1, 0.15) is 53.9 Å². The van der Waals surface area contributed by atoms with E-state index in [1.165, 1.54) is 6.92 Å². The summed E-state index contributed by atoms with van der Waals surface area (Å²) in [5.74, 6) is 0.191. The molecule has 1 fully saturated rings. The van der Waals surface area contributed by atoms with E-state index in [9.17, 15) is 9.59 Å². The first kappa shape index (κ1) is 18.0. The third kappa shape index (κ3) is 5.65. The van der Waals surface area contributed by atoms with Gasteiger partial charge in [0, 0.05) is 13.5 Å². The minimum Gasteiger partial charge on any atom is -0.457 e. The quantitative estimate of drug-likeness (QED) is 0.557. The fourth-order valence-electron chi connectivity index (χ4n) is 2.91. The van der Waals surface area contributed by atoms with Crippen molar-refractivity contribution in [3.8, 4) is 0 Å². The molecule has 1 aliphatic rings. The maximum Gasteiger partial charge on any atom is 0.376 e. The van der Waals surface area contributed by atoms with E-state index in [1.54, 1.807) is 6.92 Å². The summed E-state index contributed by atoms with van der Waals surface area (Å²) in [4.78, 5) is 23.2. The molecule has 5 nitrogen and oxygen atoms in total. The Morgan fingerprint density at radius 3 is 2.43 bits per heavy atom. The second kappa shape index (κ2) is 8.37. The van der Waals surface area contributed by atoms with Crippen LogP contribution in [0.25, 0.3) is 0 Å². The molecule has 0 radical (unpaired) electrons.